The van der Waals surface area contributed by atoms with Gasteiger partial charge in [0.1, 0.15) is 0 Å². The first kappa shape index (κ1) is 9.81. The molecule has 1 aliphatic heterocycles. The summed E-state index contributed by atoms with van der Waals surface area (Å²) < 4.78 is 0. The lowest BCUT2D eigenvalue weighted by Gasteiger charge is -2.45. The zero-order valence-corrected chi connectivity index (χ0v) is 9.01. The number of amides is 2. The zero-order valence-electron chi connectivity index (χ0n) is 9.01. The van der Waals surface area contributed by atoms with Gasteiger partial charge in [-0.25, -0.2) is 4.79 Å². The van der Waals surface area contributed by atoms with Gasteiger partial charge in [-0.05, 0) is 31.1 Å². The largest absolute Gasteiger partial charge is 0.338 e. The quantitative estimate of drug-likeness (QED) is 0.735. The summed E-state index contributed by atoms with van der Waals surface area (Å²) in [5.74, 6) is 0. The number of carbonyl (C=O) groups is 1. The van der Waals surface area contributed by atoms with Crippen molar-refractivity contribution >= 4 is 6.03 Å². The molecule has 14 heavy (non-hydrogen) atoms. The van der Waals surface area contributed by atoms with Crippen molar-refractivity contribution in [3.63, 3.8) is 0 Å². The summed E-state index contributed by atoms with van der Waals surface area (Å²) in [4.78, 5) is 13.5. The lowest BCUT2D eigenvalue weighted by molar-refractivity contribution is 0.0702. The Kier molecular flexibility index (Phi) is 2.66. The van der Waals surface area contributed by atoms with Crippen molar-refractivity contribution < 1.29 is 4.79 Å². The normalized spacial score (nSPS) is 25.5. The minimum Gasteiger partial charge on any atom is -0.338 e. The molecule has 0 radical (unpaired) electrons. The fraction of sp³-hybridized carbons (Fsp3) is 0.909. The number of hydrogen-bond donors (Lipinski definition) is 1. The minimum atomic E-state index is 0.149. The van der Waals surface area contributed by atoms with E-state index in [1.54, 1.807) is 0 Å². The van der Waals surface area contributed by atoms with E-state index in [-0.39, 0.29) is 6.03 Å². The van der Waals surface area contributed by atoms with E-state index in [4.69, 9.17) is 0 Å². The van der Waals surface area contributed by atoms with Gasteiger partial charge in [0.25, 0.3) is 0 Å². The molecule has 0 spiro atoms. The summed E-state index contributed by atoms with van der Waals surface area (Å²) in [7, 11) is 0. The average Bonchev–Trinajstić information content (AvgIpc) is 2.14. The van der Waals surface area contributed by atoms with Crippen LogP contribution in [0.2, 0.25) is 0 Å². The number of rotatable bonds is 3. The van der Waals surface area contributed by atoms with Crippen LogP contribution in [0.5, 0.6) is 0 Å². The van der Waals surface area contributed by atoms with Crippen LogP contribution in [0.15, 0.2) is 0 Å². The van der Waals surface area contributed by atoms with Gasteiger partial charge in [0, 0.05) is 19.6 Å². The molecule has 3 nitrogen and oxygen atoms in total. The number of urea groups is 1. The van der Waals surface area contributed by atoms with Crippen molar-refractivity contribution in [3.8, 4) is 0 Å². The molecule has 2 fully saturated rings. The Balaban J connectivity index is 1.91. The molecule has 1 N–H and O–H groups in total. The van der Waals surface area contributed by atoms with Crippen LogP contribution in [0.1, 0.15) is 39.0 Å². The Morgan fingerprint density at radius 3 is 2.71 bits per heavy atom. The summed E-state index contributed by atoms with van der Waals surface area (Å²) in [5, 5.41) is 2.91. The maximum Gasteiger partial charge on any atom is 0.317 e. The second-order valence-corrected chi connectivity index (χ2v) is 4.71. The van der Waals surface area contributed by atoms with Crippen LogP contribution in [-0.4, -0.2) is 30.6 Å². The van der Waals surface area contributed by atoms with Crippen molar-refractivity contribution in [1.29, 1.82) is 0 Å². The van der Waals surface area contributed by atoms with Gasteiger partial charge in [-0.1, -0.05) is 13.3 Å². The number of nitrogens with one attached hydrogen (secondary N) is 1. The fourth-order valence-corrected chi connectivity index (χ4v) is 2.53. The van der Waals surface area contributed by atoms with Gasteiger partial charge < -0.3 is 10.2 Å². The van der Waals surface area contributed by atoms with E-state index < -0.39 is 0 Å². The predicted molar refractivity (Wildman–Crippen MR) is 56.2 cm³/mol. The molecular formula is C11H20N2O. The molecule has 80 valence electrons. The first-order chi connectivity index (χ1) is 6.76. The standard InChI is InChI=1S/C11H20N2O/c1-2-11(5-3-6-11)9-13-8-4-7-12-10(13)14/h2-9H2,1H3,(H,12,14). The summed E-state index contributed by atoms with van der Waals surface area (Å²) in [6, 6.07) is 0.149. The van der Waals surface area contributed by atoms with Gasteiger partial charge in [0.15, 0.2) is 0 Å². The van der Waals surface area contributed by atoms with E-state index in [0.717, 1.165) is 26.1 Å². The first-order valence-corrected chi connectivity index (χ1v) is 5.79. The third kappa shape index (κ3) is 1.72. The number of nitrogens with zero attached hydrogens (tertiary/aromatic N) is 1. The molecule has 2 amide bonds. The Bertz CT molecular complexity index is 218. The van der Waals surface area contributed by atoms with Gasteiger partial charge >= 0.3 is 6.03 Å². The number of hydrogen-bond acceptors (Lipinski definition) is 1. The summed E-state index contributed by atoms with van der Waals surface area (Å²) in [5.41, 5.74) is 0.467. The highest BCUT2D eigenvalue weighted by Crippen LogP contribution is 2.44. The topological polar surface area (TPSA) is 32.3 Å². The zero-order chi connectivity index (χ0) is 10.0. The Morgan fingerprint density at radius 2 is 2.21 bits per heavy atom. The van der Waals surface area contributed by atoms with Gasteiger partial charge in [-0.15, -0.1) is 0 Å². The molecular weight excluding hydrogens is 176 g/mol. The van der Waals surface area contributed by atoms with Crippen molar-refractivity contribution in [3.05, 3.63) is 0 Å². The monoisotopic (exact) mass is 196 g/mol. The first-order valence-electron chi connectivity index (χ1n) is 5.79. The average molecular weight is 196 g/mol. The third-order valence-corrected chi connectivity index (χ3v) is 3.86. The van der Waals surface area contributed by atoms with Crippen molar-refractivity contribution in [2.75, 3.05) is 19.6 Å². The highest BCUT2D eigenvalue weighted by molar-refractivity contribution is 5.74. The molecule has 3 heteroatoms. The molecule has 1 saturated heterocycles. The SMILES string of the molecule is CCC1(CN2CCCNC2=O)CCC1. The van der Waals surface area contributed by atoms with E-state index in [1.165, 1.54) is 25.7 Å². The molecule has 0 aromatic carbocycles. The molecule has 0 aromatic rings. The highest BCUT2D eigenvalue weighted by atomic mass is 16.2. The molecule has 1 aliphatic carbocycles. The van der Waals surface area contributed by atoms with Crippen LogP contribution in [0.3, 0.4) is 0 Å². The van der Waals surface area contributed by atoms with Crippen LogP contribution < -0.4 is 5.32 Å². The van der Waals surface area contributed by atoms with Crippen molar-refractivity contribution in [2.45, 2.75) is 39.0 Å². The Hall–Kier alpha value is -0.730. The predicted octanol–water partition coefficient (Wildman–Crippen LogP) is 1.98. The van der Waals surface area contributed by atoms with Gasteiger partial charge in [-0.3, -0.25) is 0 Å². The van der Waals surface area contributed by atoms with Crippen LogP contribution in [0.4, 0.5) is 4.79 Å². The number of carbonyl (C=O) groups excluding carboxylic acids is 1. The Labute approximate surface area is 85.8 Å². The smallest absolute Gasteiger partial charge is 0.317 e. The molecule has 0 bridgehead atoms. The maximum absolute atomic E-state index is 11.5. The highest BCUT2D eigenvalue weighted by Gasteiger charge is 2.38. The maximum atomic E-state index is 11.5. The molecule has 0 unspecified atom stereocenters. The van der Waals surface area contributed by atoms with Crippen molar-refractivity contribution in [2.24, 2.45) is 5.41 Å². The summed E-state index contributed by atoms with van der Waals surface area (Å²) in [6.45, 7) is 5.04. The van der Waals surface area contributed by atoms with Crippen LogP contribution in [-0.2, 0) is 0 Å². The third-order valence-electron chi connectivity index (χ3n) is 3.86. The van der Waals surface area contributed by atoms with Gasteiger partial charge in [0.2, 0.25) is 0 Å². The van der Waals surface area contributed by atoms with E-state index in [0.29, 0.717) is 5.41 Å². The van der Waals surface area contributed by atoms with Crippen molar-refractivity contribution in [1.82, 2.24) is 10.2 Å². The van der Waals surface area contributed by atoms with E-state index >= 15 is 0 Å². The lowest BCUT2D eigenvalue weighted by Crippen LogP contribution is -2.52. The summed E-state index contributed by atoms with van der Waals surface area (Å²) in [6.07, 6.45) is 6.30. The fourth-order valence-electron chi connectivity index (χ4n) is 2.53. The minimum absolute atomic E-state index is 0.149. The molecule has 1 heterocycles. The molecule has 0 aromatic heterocycles. The van der Waals surface area contributed by atoms with E-state index in [1.807, 2.05) is 4.90 Å². The lowest BCUT2D eigenvalue weighted by atomic mass is 9.66. The van der Waals surface area contributed by atoms with Gasteiger partial charge in [0.05, 0.1) is 0 Å². The van der Waals surface area contributed by atoms with Crippen LogP contribution >= 0.6 is 0 Å². The van der Waals surface area contributed by atoms with Crippen LogP contribution in [0, 0.1) is 5.41 Å². The second-order valence-electron chi connectivity index (χ2n) is 4.71. The van der Waals surface area contributed by atoms with E-state index in [9.17, 15) is 4.79 Å². The van der Waals surface area contributed by atoms with E-state index in [2.05, 4.69) is 12.2 Å². The molecule has 2 aliphatic rings. The van der Waals surface area contributed by atoms with Crippen LogP contribution in [0.25, 0.3) is 0 Å². The summed E-state index contributed by atoms with van der Waals surface area (Å²) >= 11 is 0. The molecule has 0 atom stereocenters. The molecule has 1 saturated carbocycles. The Morgan fingerprint density at radius 1 is 1.43 bits per heavy atom. The van der Waals surface area contributed by atoms with Gasteiger partial charge in [-0.2, -0.15) is 0 Å². The molecule has 2 rings (SSSR count). The second kappa shape index (κ2) is 3.79.